The summed E-state index contributed by atoms with van der Waals surface area (Å²) in [5.74, 6) is 0.641. The Morgan fingerprint density at radius 3 is 3.00 bits per heavy atom. The Kier molecular flexibility index (Phi) is 1.43. The van der Waals surface area contributed by atoms with Crippen LogP contribution in [-0.2, 0) is 6.54 Å². The van der Waals surface area contributed by atoms with Gasteiger partial charge in [0.2, 0.25) is 0 Å². The maximum atomic E-state index is 11.0. The number of ether oxygens (including phenoxy) is 1. The zero-order valence-electron chi connectivity index (χ0n) is 6.49. The van der Waals surface area contributed by atoms with E-state index in [2.05, 4.69) is 6.72 Å². The van der Waals surface area contributed by atoms with Crippen molar-refractivity contribution in [2.75, 3.05) is 0 Å². The standard InChI is InChI=1S/C9H8NO2/c1-10-6-7-4-2-3-5-8(7)12-9(10)11/h2-5H,1,6H2/q+1. The van der Waals surface area contributed by atoms with Crippen LogP contribution in [0.15, 0.2) is 24.3 Å². The second-order valence-electron chi connectivity index (χ2n) is 2.67. The van der Waals surface area contributed by atoms with Crippen LogP contribution in [0.25, 0.3) is 0 Å². The molecule has 12 heavy (non-hydrogen) atoms. The third-order valence-electron chi connectivity index (χ3n) is 1.79. The van der Waals surface area contributed by atoms with E-state index in [1.54, 1.807) is 6.07 Å². The minimum absolute atomic E-state index is 0.395. The van der Waals surface area contributed by atoms with Crippen LogP contribution < -0.4 is 4.74 Å². The average molecular weight is 162 g/mol. The van der Waals surface area contributed by atoms with Gasteiger partial charge in [0.1, 0.15) is 12.5 Å². The van der Waals surface area contributed by atoms with Crippen molar-refractivity contribution in [3.63, 3.8) is 0 Å². The summed E-state index contributed by atoms with van der Waals surface area (Å²) < 4.78 is 6.26. The van der Waals surface area contributed by atoms with Gasteiger partial charge in [-0.05, 0) is 12.1 Å². The fraction of sp³-hybridized carbons (Fsp3) is 0.111. The summed E-state index contributed by atoms with van der Waals surface area (Å²) in [5.41, 5.74) is 0.993. The first-order valence-electron chi connectivity index (χ1n) is 3.65. The Bertz CT molecular complexity index is 322. The van der Waals surface area contributed by atoms with Crippen molar-refractivity contribution in [2.45, 2.75) is 6.54 Å². The van der Waals surface area contributed by atoms with Crippen molar-refractivity contribution >= 4 is 12.8 Å². The van der Waals surface area contributed by atoms with Crippen molar-refractivity contribution in [3.8, 4) is 5.75 Å². The van der Waals surface area contributed by atoms with E-state index in [-0.39, 0.29) is 0 Å². The monoisotopic (exact) mass is 162 g/mol. The van der Waals surface area contributed by atoms with Crippen LogP contribution >= 0.6 is 0 Å². The Hall–Kier alpha value is -1.64. The van der Waals surface area contributed by atoms with Gasteiger partial charge in [-0.3, -0.25) is 0 Å². The van der Waals surface area contributed by atoms with Gasteiger partial charge in [0, 0.05) is 0 Å². The summed E-state index contributed by atoms with van der Waals surface area (Å²) in [6.45, 7) is 4.06. The largest absolute Gasteiger partial charge is 0.601 e. The van der Waals surface area contributed by atoms with E-state index >= 15 is 0 Å². The highest BCUT2D eigenvalue weighted by molar-refractivity contribution is 5.66. The zero-order chi connectivity index (χ0) is 8.55. The first kappa shape index (κ1) is 7.03. The molecule has 0 aliphatic carbocycles. The lowest BCUT2D eigenvalue weighted by Crippen LogP contribution is -2.27. The Morgan fingerprint density at radius 2 is 2.17 bits per heavy atom. The Labute approximate surface area is 69.9 Å². The number of amides is 1. The van der Waals surface area contributed by atoms with Crippen LogP contribution in [-0.4, -0.2) is 17.4 Å². The predicted molar refractivity (Wildman–Crippen MR) is 43.6 cm³/mol. The maximum absolute atomic E-state index is 11.0. The average Bonchev–Trinajstić information content (AvgIpc) is 2.07. The third kappa shape index (κ3) is 0.993. The molecule has 1 amide bonds. The number of hydrogen-bond donors (Lipinski definition) is 0. The van der Waals surface area contributed by atoms with E-state index in [0.717, 1.165) is 5.56 Å². The van der Waals surface area contributed by atoms with E-state index < -0.39 is 6.09 Å². The molecule has 0 N–H and O–H groups in total. The van der Waals surface area contributed by atoms with Crippen LogP contribution in [0.4, 0.5) is 4.79 Å². The number of carbonyl (C=O) groups excluding carboxylic acids is 1. The van der Waals surface area contributed by atoms with Crippen molar-refractivity contribution in [1.29, 1.82) is 0 Å². The Balaban J connectivity index is 2.47. The van der Waals surface area contributed by atoms with Gasteiger partial charge in [0.05, 0.1) is 5.56 Å². The third-order valence-corrected chi connectivity index (χ3v) is 1.79. The molecule has 3 heteroatoms. The lowest BCUT2D eigenvalue weighted by molar-refractivity contribution is -0.454. The first-order chi connectivity index (χ1) is 5.77. The van der Waals surface area contributed by atoms with Crippen LogP contribution in [0.5, 0.6) is 5.75 Å². The molecule has 1 aromatic rings. The number of benzene rings is 1. The summed E-state index contributed by atoms with van der Waals surface area (Å²) in [7, 11) is 0. The molecule has 0 fully saturated rings. The fourth-order valence-electron chi connectivity index (χ4n) is 1.16. The van der Waals surface area contributed by atoms with Crippen molar-refractivity contribution in [3.05, 3.63) is 29.8 Å². The second-order valence-corrected chi connectivity index (χ2v) is 2.67. The van der Waals surface area contributed by atoms with Gasteiger partial charge in [0.25, 0.3) is 0 Å². The van der Waals surface area contributed by atoms with Gasteiger partial charge in [-0.2, -0.15) is 4.79 Å². The minimum atomic E-state index is -0.395. The van der Waals surface area contributed by atoms with Crippen LogP contribution in [0.3, 0.4) is 0 Å². The molecule has 0 bridgehead atoms. The molecule has 1 aliphatic heterocycles. The van der Waals surface area contributed by atoms with Crippen molar-refractivity contribution in [2.24, 2.45) is 0 Å². The second kappa shape index (κ2) is 2.44. The molecule has 1 aliphatic rings. The number of rotatable bonds is 0. The number of carbonyl (C=O) groups is 1. The SMILES string of the molecule is C=[N+]1Cc2ccccc2OC1=O. The molecule has 60 valence electrons. The predicted octanol–water partition coefficient (Wildman–Crippen LogP) is 1.41. The summed E-state index contributed by atoms with van der Waals surface area (Å²) in [6.07, 6.45) is -0.395. The number of para-hydroxylation sites is 1. The van der Waals surface area contributed by atoms with Gasteiger partial charge in [-0.25, -0.2) is 0 Å². The van der Waals surface area contributed by atoms with Crippen LogP contribution in [0.2, 0.25) is 0 Å². The number of hydrogen-bond acceptors (Lipinski definition) is 2. The lowest BCUT2D eigenvalue weighted by Gasteiger charge is -2.10. The molecule has 3 nitrogen and oxygen atoms in total. The van der Waals surface area contributed by atoms with E-state index in [9.17, 15) is 4.79 Å². The van der Waals surface area contributed by atoms with Gasteiger partial charge < -0.3 is 4.74 Å². The molecule has 0 saturated heterocycles. The summed E-state index contributed by atoms with van der Waals surface area (Å²) in [4.78, 5) is 11.0. The highest BCUT2D eigenvalue weighted by Gasteiger charge is 2.26. The van der Waals surface area contributed by atoms with Crippen molar-refractivity contribution in [1.82, 2.24) is 0 Å². The van der Waals surface area contributed by atoms with Crippen LogP contribution in [0.1, 0.15) is 5.56 Å². The number of fused-ring (bicyclic) bond motifs is 1. The minimum Gasteiger partial charge on any atom is -0.372 e. The van der Waals surface area contributed by atoms with Gasteiger partial charge in [-0.1, -0.05) is 12.1 Å². The van der Waals surface area contributed by atoms with E-state index in [4.69, 9.17) is 4.74 Å². The molecular weight excluding hydrogens is 154 g/mol. The highest BCUT2D eigenvalue weighted by atomic mass is 16.6. The topological polar surface area (TPSA) is 29.3 Å². The molecular formula is C9H8NO2+. The van der Waals surface area contributed by atoms with Gasteiger partial charge in [0.15, 0.2) is 6.54 Å². The molecule has 1 heterocycles. The molecule has 0 radical (unpaired) electrons. The van der Waals surface area contributed by atoms with E-state index in [1.165, 1.54) is 4.58 Å². The van der Waals surface area contributed by atoms with Gasteiger partial charge >= 0.3 is 6.09 Å². The smallest absolute Gasteiger partial charge is 0.372 e. The van der Waals surface area contributed by atoms with Gasteiger partial charge in [-0.15, -0.1) is 4.58 Å². The molecule has 1 aromatic carbocycles. The molecule has 2 rings (SSSR count). The summed E-state index contributed by atoms with van der Waals surface area (Å²) >= 11 is 0. The molecule has 0 aromatic heterocycles. The highest BCUT2D eigenvalue weighted by Crippen LogP contribution is 2.22. The Morgan fingerprint density at radius 1 is 1.42 bits per heavy atom. The van der Waals surface area contributed by atoms with Crippen LogP contribution in [0, 0.1) is 0 Å². The molecule has 0 unspecified atom stereocenters. The molecule has 0 atom stereocenters. The molecule has 0 saturated carbocycles. The molecule has 0 spiro atoms. The van der Waals surface area contributed by atoms with E-state index in [0.29, 0.717) is 12.3 Å². The fourth-order valence-corrected chi connectivity index (χ4v) is 1.16. The first-order valence-corrected chi connectivity index (χ1v) is 3.65. The lowest BCUT2D eigenvalue weighted by atomic mass is 10.2. The van der Waals surface area contributed by atoms with E-state index in [1.807, 2.05) is 18.2 Å². The summed E-state index contributed by atoms with van der Waals surface area (Å²) in [6, 6.07) is 7.44. The zero-order valence-corrected chi connectivity index (χ0v) is 6.49. The maximum Gasteiger partial charge on any atom is 0.601 e. The summed E-state index contributed by atoms with van der Waals surface area (Å²) in [5, 5.41) is 0. The quantitative estimate of drug-likeness (QED) is 0.540. The normalized spacial score (nSPS) is 15.3. The van der Waals surface area contributed by atoms with Crippen molar-refractivity contribution < 1.29 is 14.1 Å². The number of nitrogens with zero attached hydrogens (tertiary/aromatic N) is 1.